The lowest BCUT2D eigenvalue weighted by atomic mass is 9.96. The number of aryl methyl sites for hydroxylation is 1. The molecular weight excluding hydrogens is 292 g/mol. The van der Waals surface area contributed by atoms with Gasteiger partial charge < -0.3 is 14.2 Å². The van der Waals surface area contributed by atoms with Crippen molar-refractivity contribution in [3.63, 3.8) is 0 Å². The fourth-order valence-electron chi connectivity index (χ4n) is 2.27. The largest absolute Gasteiger partial charge is 0.457 e. The van der Waals surface area contributed by atoms with Gasteiger partial charge in [0.2, 0.25) is 0 Å². The molecule has 0 spiro atoms. The van der Waals surface area contributed by atoms with Crippen molar-refractivity contribution >= 4 is 5.97 Å². The summed E-state index contributed by atoms with van der Waals surface area (Å²) in [7, 11) is 0. The second kappa shape index (κ2) is 10.2. The van der Waals surface area contributed by atoms with Crippen LogP contribution in [0.3, 0.4) is 0 Å². The predicted molar refractivity (Wildman–Crippen MR) is 91.0 cm³/mol. The highest BCUT2D eigenvalue weighted by Crippen LogP contribution is 2.28. The molecule has 128 valence electrons. The Balaban J connectivity index is 2.88. The lowest BCUT2D eigenvalue weighted by Crippen LogP contribution is -2.17. The summed E-state index contributed by atoms with van der Waals surface area (Å²) in [5.41, 5.74) is 2.15. The molecule has 0 heterocycles. The first-order chi connectivity index (χ1) is 11.0. The molecule has 0 saturated carbocycles. The number of hydrogen-bond donors (Lipinski definition) is 0. The summed E-state index contributed by atoms with van der Waals surface area (Å²) in [5.74, 6) is -0.285. The van der Waals surface area contributed by atoms with Crippen molar-refractivity contribution in [3.05, 3.63) is 47.5 Å². The van der Waals surface area contributed by atoms with Crippen molar-refractivity contribution < 1.29 is 19.0 Å². The summed E-state index contributed by atoms with van der Waals surface area (Å²) in [6.45, 7) is 10.5. The van der Waals surface area contributed by atoms with Crippen molar-refractivity contribution in [3.8, 4) is 0 Å². The van der Waals surface area contributed by atoms with Crippen LogP contribution in [-0.2, 0) is 19.0 Å². The number of carbonyl (C=O) groups is 1. The van der Waals surface area contributed by atoms with E-state index in [1.54, 1.807) is 0 Å². The Labute approximate surface area is 139 Å². The van der Waals surface area contributed by atoms with E-state index in [9.17, 15) is 4.79 Å². The topological polar surface area (TPSA) is 44.8 Å². The summed E-state index contributed by atoms with van der Waals surface area (Å²) in [6.07, 6.45) is 3.16. The average molecular weight is 320 g/mol. The molecule has 2 atom stereocenters. The molecular formula is C19H28O4. The third-order valence-electron chi connectivity index (χ3n) is 3.41. The van der Waals surface area contributed by atoms with Gasteiger partial charge in [-0.1, -0.05) is 42.8 Å². The van der Waals surface area contributed by atoms with E-state index in [0.717, 1.165) is 5.56 Å². The molecule has 2 unspecified atom stereocenters. The summed E-state index contributed by atoms with van der Waals surface area (Å²) >= 11 is 0. The van der Waals surface area contributed by atoms with Gasteiger partial charge in [-0.2, -0.15) is 0 Å². The molecule has 4 nitrogen and oxygen atoms in total. The van der Waals surface area contributed by atoms with Crippen LogP contribution in [0.4, 0.5) is 0 Å². The molecule has 1 rings (SSSR count). The zero-order valence-corrected chi connectivity index (χ0v) is 14.7. The van der Waals surface area contributed by atoms with Crippen molar-refractivity contribution in [1.29, 1.82) is 0 Å². The first-order valence-corrected chi connectivity index (χ1v) is 8.13. The molecule has 0 radical (unpaired) electrons. The van der Waals surface area contributed by atoms with Gasteiger partial charge in [-0.15, -0.1) is 0 Å². The van der Waals surface area contributed by atoms with Gasteiger partial charge in [-0.05, 0) is 32.4 Å². The Morgan fingerprint density at radius 2 is 1.65 bits per heavy atom. The molecule has 0 fully saturated rings. The van der Waals surface area contributed by atoms with Gasteiger partial charge in [-0.3, -0.25) is 4.79 Å². The Bertz CT molecular complexity index is 487. The van der Waals surface area contributed by atoms with Gasteiger partial charge in [-0.25, -0.2) is 0 Å². The summed E-state index contributed by atoms with van der Waals surface area (Å²) in [6, 6.07) is 8.03. The van der Waals surface area contributed by atoms with E-state index in [1.807, 2.05) is 64.1 Å². The van der Waals surface area contributed by atoms with E-state index in [4.69, 9.17) is 14.2 Å². The molecule has 0 bridgehead atoms. The molecule has 0 aliphatic heterocycles. The first-order valence-electron chi connectivity index (χ1n) is 8.13. The van der Waals surface area contributed by atoms with Gasteiger partial charge in [0.25, 0.3) is 0 Å². The van der Waals surface area contributed by atoms with Crippen LogP contribution >= 0.6 is 0 Å². The highest BCUT2D eigenvalue weighted by molar-refractivity contribution is 5.66. The van der Waals surface area contributed by atoms with E-state index in [1.165, 1.54) is 12.5 Å². The normalized spacial score (nSPS) is 14.2. The number of ether oxygens (including phenoxy) is 3. The van der Waals surface area contributed by atoms with Crippen LogP contribution in [-0.4, -0.2) is 25.5 Å². The van der Waals surface area contributed by atoms with E-state index in [0.29, 0.717) is 13.2 Å². The molecule has 0 amide bonds. The number of hydrogen-bond acceptors (Lipinski definition) is 4. The Kier molecular flexibility index (Phi) is 8.59. The van der Waals surface area contributed by atoms with Crippen molar-refractivity contribution in [2.24, 2.45) is 5.92 Å². The van der Waals surface area contributed by atoms with Crippen molar-refractivity contribution in [1.82, 2.24) is 0 Å². The zero-order valence-electron chi connectivity index (χ0n) is 14.7. The van der Waals surface area contributed by atoms with Crippen LogP contribution in [0.15, 0.2) is 36.4 Å². The van der Waals surface area contributed by atoms with Crippen LogP contribution in [0.25, 0.3) is 0 Å². The first kappa shape index (κ1) is 19.4. The Hall–Kier alpha value is -1.65. The van der Waals surface area contributed by atoms with Crippen molar-refractivity contribution in [2.45, 2.75) is 47.0 Å². The maximum Gasteiger partial charge on any atom is 0.303 e. The second-order valence-electron chi connectivity index (χ2n) is 5.46. The molecule has 4 heteroatoms. The van der Waals surface area contributed by atoms with Gasteiger partial charge in [0.1, 0.15) is 6.10 Å². The minimum absolute atomic E-state index is 0.00465. The predicted octanol–water partition coefficient (Wildman–Crippen LogP) is 4.19. The second-order valence-corrected chi connectivity index (χ2v) is 5.46. The molecule has 23 heavy (non-hydrogen) atoms. The van der Waals surface area contributed by atoms with Gasteiger partial charge in [0.15, 0.2) is 6.29 Å². The lowest BCUT2D eigenvalue weighted by molar-refractivity contribution is -0.148. The number of esters is 1. The third kappa shape index (κ3) is 6.97. The molecule has 1 aromatic carbocycles. The molecule has 0 aliphatic carbocycles. The molecule has 0 aliphatic rings. The van der Waals surface area contributed by atoms with Crippen LogP contribution < -0.4 is 0 Å². The van der Waals surface area contributed by atoms with Crippen molar-refractivity contribution in [2.75, 3.05) is 13.2 Å². The minimum Gasteiger partial charge on any atom is -0.457 e. The van der Waals surface area contributed by atoms with Gasteiger partial charge in [0, 0.05) is 26.1 Å². The Morgan fingerprint density at radius 1 is 1.09 bits per heavy atom. The monoisotopic (exact) mass is 320 g/mol. The van der Waals surface area contributed by atoms with E-state index >= 15 is 0 Å². The molecule has 0 aromatic heterocycles. The highest BCUT2D eigenvalue weighted by atomic mass is 16.7. The average Bonchev–Trinajstić information content (AvgIpc) is 2.51. The van der Waals surface area contributed by atoms with Crippen LogP contribution in [0.2, 0.25) is 0 Å². The minimum atomic E-state index is -0.372. The third-order valence-corrected chi connectivity index (χ3v) is 3.41. The number of carbonyl (C=O) groups excluding carboxylic acids is 1. The van der Waals surface area contributed by atoms with Gasteiger partial charge >= 0.3 is 5.97 Å². The lowest BCUT2D eigenvalue weighted by Gasteiger charge is -2.22. The van der Waals surface area contributed by atoms with E-state index < -0.39 is 0 Å². The standard InChI is InChI=1S/C19H28O4/c1-6-21-18(22-7-2)13-10-15(4)19(23-16(5)20)17-11-8-14(3)9-12-17/h8-13,15,18-19H,6-7H2,1-5H3. The fourth-order valence-corrected chi connectivity index (χ4v) is 2.27. The number of benzene rings is 1. The Morgan fingerprint density at radius 3 is 2.13 bits per heavy atom. The maximum absolute atomic E-state index is 11.4. The zero-order chi connectivity index (χ0) is 17.2. The van der Waals surface area contributed by atoms with Crippen LogP contribution in [0, 0.1) is 12.8 Å². The summed E-state index contributed by atoms with van der Waals surface area (Å²) in [4.78, 5) is 11.4. The van der Waals surface area contributed by atoms with Crippen LogP contribution in [0.1, 0.15) is 44.9 Å². The summed E-state index contributed by atoms with van der Waals surface area (Å²) in [5, 5.41) is 0. The maximum atomic E-state index is 11.4. The SMILES string of the molecule is CCOC(C=CC(C)C(OC(C)=O)c1ccc(C)cc1)OCC. The quantitative estimate of drug-likeness (QED) is 0.389. The summed E-state index contributed by atoms with van der Waals surface area (Å²) < 4.78 is 16.5. The smallest absolute Gasteiger partial charge is 0.303 e. The van der Waals surface area contributed by atoms with E-state index in [-0.39, 0.29) is 24.3 Å². The van der Waals surface area contributed by atoms with Crippen LogP contribution in [0.5, 0.6) is 0 Å². The molecule has 0 saturated heterocycles. The molecule has 1 aromatic rings. The molecule has 0 N–H and O–H groups in total. The fraction of sp³-hybridized carbons (Fsp3) is 0.526. The van der Waals surface area contributed by atoms with Gasteiger partial charge in [0.05, 0.1) is 0 Å². The highest BCUT2D eigenvalue weighted by Gasteiger charge is 2.21. The number of rotatable bonds is 9. The van der Waals surface area contributed by atoms with E-state index in [2.05, 4.69) is 0 Å².